The maximum absolute atomic E-state index is 12.7. The number of hydrogen-bond donors (Lipinski definition) is 0. The molecule has 0 spiro atoms. The monoisotopic (exact) mass is 289 g/mol. The van der Waals surface area contributed by atoms with E-state index in [1.165, 1.54) is 0 Å². The molecular formula is C9H5F6NO3. The molecular weight excluding hydrogens is 284 g/mol. The predicted molar refractivity (Wildman–Crippen MR) is 47.9 cm³/mol. The molecule has 0 bridgehead atoms. The van der Waals surface area contributed by atoms with Gasteiger partial charge in [-0.3, -0.25) is 4.79 Å². The van der Waals surface area contributed by atoms with Crippen LogP contribution in [0.3, 0.4) is 0 Å². The van der Waals surface area contributed by atoms with E-state index in [1.807, 2.05) is 0 Å². The summed E-state index contributed by atoms with van der Waals surface area (Å²) in [5.41, 5.74) is -2.54. The first-order chi connectivity index (χ1) is 8.58. The lowest BCUT2D eigenvalue weighted by Crippen LogP contribution is -2.21. The van der Waals surface area contributed by atoms with Crippen LogP contribution >= 0.6 is 0 Å². The van der Waals surface area contributed by atoms with Gasteiger partial charge in [0.2, 0.25) is 5.88 Å². The number of nitrogens with zero attached hydrogens (tertiary/aromatic N) is 1. The Bertz CT molecular complexity index is 482. The molecule has 0 aliphatic heterocycles. The van der Waals surface area contributed by atoms with Crippen molar-refractivity contribution in [2.24, 2.45) is 0 Å². The van der Waals surface area contributed by atoms with Gasteiger partial charge in [0, 0.05) is 6.07 Å². The molecule has 1 heterocycles. The van der Waals surface area contributed by atoms with E-state index in [1.54, 1.807) is 0 Å². The van der Waals surface area contributed by atoms with Gasteiger partial charge >= 0.3 is 12.5 Å². The molecule has 0 aliphatic carbocycles. The van der Waals surface area contributed by atoms with Crippen molar-refractivity contribution in [3.63, 3.8) is 0 Å². The van der Waals surface area contributed by atoms with Crippen molar-refractivity contribution in [2.75, 3.05) is 7.11 Å². The van der Waals surface area contributed by atoms with Gasteiger partial charge in [0.25, 0.3) is 0 Å². The number of pyridine rings is 1. The van der Waals surface area contributed by atoms with Crippen LogP contribution in [0, 0.1) is 0 Å². The summed E-state index contributed by atoms with van der Waals surface area (Å²) in [6.45, 7) is 0. The number of methoxy groups -OCH3 is 1. The fourth-order valence-electron chi connectivity index (χ4n) is 1.19. The number of carbonyl (C=O) groups excluding carboxylic acids is 1. The van der Waals surface area contributed by atoms with Gasteiger partial charge in [-0.1, -0.05) is 0 Å². The molecule has 0 aromatic carbocycles. The molecule has 0 amide bonds. The lowest BCUT2D eigenvalue weighted by Gasteiger charge is -2.17. The zero-order valence-corrected chi connectivity index (χ0v) is 9.09. The van der Waals surface area contributed by atoms with Crippen LogP contribution in [-0.4, -0.2) is 24.7 Å². The molecule has 0 saturated heterocycles. The first kappa shape index (κ1) is 15.1. The van der Waals surface area contributed by atoms with Crippen molar-refractivity contribution < 1.29 is 40.6 Å². The Labute approximate surface area is 101 Å². The number of carbonyl (C=O) groups is 1. The van der Waals surface area contributed by atoms with E-state index in [0.29, 0.717) is 0 Å². The number of ether oxygens (including phenoxy) is 2. The summed E-state index contributed by atoms with van der Waals surface area (Å²) in [7, 11) is 0.767. The fourth-order valence-corrected chi connectivity index (χ4v) is 1.19. The molecule has 19 heavy (non-hydrogen) atoms. The Hall–Kier alpha value is -2.00. The largest absolute Gasteiger partial charge is 0.573 e. The smallest absolute Gasteiger partial charge is 0.480 e. The second kappa shape index (κ2) is 4.94. The van der Waals surface area contributed by atoms with Gasteiger partial charge in [0.1, 0.15) is 11.4 Å². The molecule has 1 aromatic rings. The first-order valence-electron chi connectivity index (χ1n) is 4.45. The van der Waals surface area contributed by atoms with Crippen LogP contribution in [0.15, 0.2) is 6.07 Å². The van der Waals surface area contributed by atoms with Gasteiger partial charge in [-0.05, 0) is 0 Å². The number of alkyl halides is 6. The molecule has 0 unspecified atom stereocenters. The second-order valence-electron chi connectivity index (χ2n) is 3.09. The minimum Gasteiger partial charge on any atom is -0.480 e. The average molecular weight is 289 g/mol. The summed E-state index contributed by atoms with van der Waals surface area (Å²) in [5, 5.41) is 0. The zero-order valence-electron chi connectivity index (χ0n) is 9.09. The highest BCUT2D eigenvalue weighted by Gasteiger charge is 2.43. The molecule has 0 N–H and O–H groups in total. The third kappa shape index (κ3) is 3.73. The second-order valence-corrected chi connectivity index (χ2v) is 3.09. The molecule has 1 rings (SSSR count). The van der Waals surface area contributed by atoms with Gasteiger partial charge in [-0.15, -0.1) is 13.2 Å². The standard InChI is InChI=1S/C9H5F6NO3/c1-18-7-6(8(10,11)12)5(19-9(13,14)15)2-4(3-17)16-7/h2-3H,1H3. The summed E-state index contributed by atoms with van der Waals surface area (Å²) in [5.74, 6) is -2.79. The molecule has 0 aliphatic rings. The highest BCUT2D eigenvalue weighted by Crippen LogP contribution is 2.43. The summed E-state index contributed by atoms with van der Waals surface area (Å²) < 4.78 is 81.6. The SMILES string of the molecule is COc1nc(C=O)cc(OC(F)(F)F)c1C(F)(F)F. The molecule has 0 atom stereocenters. The average Bonchev–Trinajstić information content (AvgIpc) is 2.23. The summed E-state index contributed by atoms with van der Waals surface area (Å²) >= 11 is 0. The Balaban J connectivity index is 3.51. The molecule has 10 heteroatoms. The number of hydrogen-bond acceptors (Lipinski definition) is 4. The van der Waals surface area contributed by atoms with Crippen molar-refractivity contribution >= 4 is 6.29 Å². The first-order valence-corrected chi connectivity index (χ1v) is 4.45. The van der Waals surface area contributed by atoms with Crippen molar-refractivity contribution in [1.29, 1.82) is 0 Å². The van der Waals surface area contributed by atoms with Crippen LogP contribution in [0.4, 0.5) is 26.3 Å². The number of rotatable bonds is 3. The van der Waals surface area contributed by atoms with E-state index in [0.717, 1.165) is 7.11 Å². The Morgan fingerprint density at radius 1 is 1.21 bits per heavy atom. The van der Waals surface area contributed by atoms with Gasteiger partial charge in [0.15, 0.2) is 11.8 Å². The molecule has 1 aromatic heterocycles. The molecule has 4 nitrogen and oxygen atoms in total. The summed E-state index contributed by atoms with van der Waals surface area (Å²) in [6, 6.07) is 0.228. The normalized spacial score (nSPS) is 12.2. The van der Waals surface area contributed by atoms with Crippen LogP contribution < -0.4 is 9.47 Å². The van der Waals surface area contributed by atoms with Crippen LogP contribution in [0.25, 0.3) is 0 Å². The zero-order chi connectivity index (χ0) is 14.8. The predicted octanol–water partition coefficient (Wildman–Crippen LogP) is 2.82. The van der Waals surface area contributed by atoms with Crippen LogP contribution in [0.5, 0.6) is 11.6 Å². The van der Waals surface area contributed by atoms with E-state index < -0.39 is 35.4 Å². The van der Waals surface area contributed by atoms with Gasteiger partial charge in [0.05, 0.1) is 7.11 Å². The molecule has 106 valence electrons. The third-order valence-corrected chi connectivity index (χ3v) is 1.79. The number of aromatic nitrogens is 1. The lowest BCUT2D eigenvalue weighted by molar-refractivity contribution is -0.276. The minimum atomic E-state index is -5.35. The number of halogens is 6. The van der Waals surface area contributed by atoms with Crippen molar-refractivity contribution in [1.82, 2.24) is 4.98 Å². The topological polar surface area (TPSA) is 48.4 Å². The quantitative estimate of drug-likeness (QED) is 0.634. The van der Waals surface area contributed by atoms with E-state index in [9.17, 15) is 31.1 Å². The fraction of sp³-hybridized carbons (Fsp3) is 0.333. The van der Waals surface area contributed by atoms with Crippen LogP contribution in [0.2, 0.25) is 0 Å². The van der Waals surface area contributed by atoms with E-state index in [-0.39, 0.29) is 12.4 Å². The van der Waals surface area contributed by atoms with Gasteiger partial charge < -0.3 is 9.47 Å². The van der Waals surface area contributed by atoms with Crippen LogP contribution in [-0.2, 0) is 6.18 Å². The minimum absolute atomic E-state index is 0.0358. The van der Waals surface area contributed by atoms with Gasteiger partial charge in [-0.25, -0.2) is 4.98 Å². The summed E-state index contributed by atoms with van der Waals surface area (Å²) in [6.07, 6.45) is -10.6. The van der Waals surface area contributed by atoms with Crippen molar-refractivity contribution in [3.05, 3.63) is 17.3 Å². The highest BCUT2D eigenvalue weighted by molar-refractivity contribution is 5.73. The highest BCUT2D eigenvalue weighted by atomic mass is 19.4. The van der Waals surface area contributed by atoms with E-state index in [4.69, 9.17) is 0 Å². The Morgan fingerprint density at radius 3 is 2.16 bits per heavy atom. The maximum atomic E-state index is 12.7. The third-order valence-electron chi connectivity index (χ3n) is 1.79. The van der Waals surface area contributed by atoms with Gasteiger partial charge in [-0.2, -0.15) is 13.2 Å². The molecule has 0 saturated carbocycles. The Morgan fingerprint density at radius 2 is 1.79 bits per heavy atom. The lowest BCUT2D eigenvalue weighted by atomic mass is 10.2. The maximum Gasteiger partial charge on any atom is 0.573 e. The molecule has 0 radical (unpaired) electrons. The molecule has 0 fully saturated rings. The number of aldehydes is 1. The van der Waals surface area contributed by atoms with E-state index in [2.05, 4.69) is 14.5 Å². The van der Waals surface area contributed by atoms with Crippen LogP contribution in [0.1, 0.15) is 16.1 Å². The Kier molecular flexibility index (Phi) is 3.91. The van der Waals surface area contributed by atoms with Crippen molar-refractivity contribution in [2.45, 2.75) is 12.5 Å². The van der Waals surface area contributed by atoms with Crippen molar-refractivity contribution in [3.8, 4) is 11.6 Å². The van der Waals surface area contributed by atoms with E-state index >= 15 is 0 Å². The summed E-state index contributed by atoms with van der Waals surface area (Å²) in [4.78, 5) is 13.5.